The fourth-order valence-electron chi connectivity index (χ4n) is 4.39. The van der Waals surface area contributed by atoms with Gasteiger partial charge in [-0.15, -0.1) is 0 Å². The Morgan fingerprint density at radius 3 is 2.18 bits per heavy atom. The molecule has 1 amide bonds. The summed E-state index contributed by atoms with van der Waals surface area (Å²) in [5.74, 6) is -0.248. The number of carbonyl (C=O) groups excluding carboxylic acids is 1. The second-order valence-electron chi connectivity index (χ2n) is 8.64. The van der Waals surface area contributed by atoms with E-state index in [4.69, 9.17) is 0 Å². The van der Waals surface area contributed by atoms with Crippen LogP contribution >= 0.6 is 0 Å². The number of hydrogen-bond acceptors (Lipinski definition) is 5. The van der Waals surface area contributed by atoms with Crippen LogP contribution in [0.1, 0.15) is 42.6 Å². The topological polar surface area (TPSA) is 109 Å². The van der Waals surface area contributed by atoms with Gasteiger partial charge in [0, 0.05) is 45.5 Å². The number of likely N-dealkylation sites (tertiary alicyclic amines) is 1. The number of nitrogens with one attached hydrogen (secondary N) is 1. The minimum absolute atomic E-state index is 0.140. The zero-order chi connectivity index (χ0) is 23.6. The molecule has 2 aliphatic heterocycles. The number of aromatic nitrogens is 1. The lowest BCUT2D eigenvalue weighted by Gasteiger charge is -2.32. The largest absolute Gasteiger partial charge is 0.345 e. The van der Waals surface area contributed by atoms with Gasteiger partial charge in [-0.3, -0.25) is 4.79 Å². The molecule has 33 heavy (non-hydrogen) atoms. The van der Waals surface area contributed by atoms with Crippen molar-refractivity contribution in [3.63, 3.8) is 0 Å². The Labute approximate surface area is 195 Å². The Balaban J connectivity index is 1.40. The molecule has 0 saturated carbocycles. The van der Waals surface area contributed by atoms with Gasteiger partial charge in [0.1, 0.15) is 10.6 Å². The smallest absolute Gasteiger partial charge is 0.270 e. The fraction of sp³-hybridized carbons (Fsp3) is 0.500. The van der Waals surface area contributed by atoms with E-state index in [1.165, 1.54) is 16.6 Å². The first kappa shape index (κ1) is 23.9. The van der Waals surface area contributed by atoms with Crippen molar-refractivity contribution in [1.29, 1.82) is 0 Å². The predicted octanol–water partition coefficient (Wildman–Crippen LogP) is 1.78. The number of amides is 1. The van der Waals surface area contributed by atoms with Gasteiger partial charge in [-0.1, -0.05) is 24.6 Å². The van der Waals surface area contributed by atoms with Crippen LogP contribution in [0.4, 0.5) is 0 Å². The molecule has 2 aromatic rings. The number of nitrogens with zero attached hydrogens (tertiary/aromatic N) is 3. The summed E-state index contributed by atoms with van der Waals surface area (Å²) in [7, 11) is -5.56. The van der Waals surface area contributed by atoms with Crippen LogP contribution in [-0.2, 0) is 27.1 Å². The Morgan fingerprint density at radius 2 is 1.55 bits per heavy atom. The lowest BCUT2D eigenvalue weighted by Crippen LogP contribution is -2.46. The lowest BCUT2D eigenvalue weighted by atomic mass is 10.1. The van der Waals surface area contributed by atoms with Gasteiger partial charge < -0.3 is 9.47 Å². The first-order valence-electron chi connectivity index (χ1n) is 11.2. The second kappa shape index (κ2) is 9.57. The first-order chi connectivity index (χ1) is 15.7. The van der Waals surface area contributed by atoms with E-state index >= 15 is 0 Å². The summed E-state index contributed by atoms with van der Waals surface area (Å²) in [5, 5.41) is 0. The van der Waals surface area contributed by atoms with Crippen LogP contribution < -0.4 is 4.72 Å². The van der Waals surface area contributed by atoms with Crippen molar-refractivity contribution in [1.82, 2.24) is 18.5 Å². The molecule has 1 aromatic carbocycles. The average molecular weight is 495 g/mol. The molecule has 0 unspecified atom stereocenters. The maximum atomic E-state index is 13.1. The average Bonchev–Trinajstić information content (AvgIpc) is 3.22. The third-order valence-electron chi connectivity index (χ3n) is 6.31. The maximum absolute atomic E-state index is 13.1. The number of rotatable bonds is 6. The first-order valence-corrected chi connectivity index (χ1v) is 14.1. The molecule has 0 aliphatic carbocycles. The molecule has 0 radical (unpaired) electrons. The minimum atomic E-state index is -3.62. The van der Waals surface area contributed by atoms with Crippen molar-refractivity contribution < 1.29 is 21.6 Å². The molecule has 2 saturated heterocycles. The van der Waals surface area contributed by atoms with Crippen molar-refractivity contribution in [2.75, 3.05) is 26.2 Å². The van der Waals surface area contributed by atoms with Crippen molar-refractivity contribution >= 4 is 26.0 Å². The van der Waals surface area contributed by atoms with Gasteiger partial charge in [-0.05, 0) is 43.9 Å². The zero-order valence-electron chi connectivity index (χ0n) is 18.7. The van der Waals surface area contributed by atoms with Crippen LogP contribution in [0.2, 0.25) is 0 Å². The number of piperidine rings is 2. The number of aryl methyl sites for hydroxylation is 1. The van der Waals surface area contributed by atoms with E-state index < -0.39 is 20.0 Å². The Bertz CT molecular complexity index is 1190. The molecule has 1 N–H and O–H groups in total. The number of hydrogen-bond donors (Lipinski definition) is 1. The minimum Gasteiger partial charge on any atom is -0.345 e. The van der Waals surface area contributed by atoms with Gasteiger partial charge in [0.25, 0.3) is 5.91 Å². The highest BCUT2D eigenvalue weighted by atomic mass is 32.2. The second-order valence-corrected chi connectivity index (χ2v) is 12.3. The Hall–Kier alpha value is -2.21. The van der Waals surface area contributed by atoms with E-state index in [0.717, 1.165) is 19.3 Å². The molecule has 0 spiro atoms. The van der Waals surface area contributed by atoms with E-state index in [2.05, 4.69) is 4.72 Å². The van der Waals surface area contributed by atoms with Crippen LogP contribution in [0.5, 0.6) is 0 Å². The third kappa shape index (κ3) is 5.16. The molecule has 2 fully saturated rings. The van der Waals surface area contributed by atoms with E-state index in [-0.39, 0.29) is 21.7 Å². The number of sulfonamides is 2. The number of benzene rings is 1. The normalized spacial score (nSPS) is 19.0. The molecule has 4 rings (SSSR count). The summed E-state index contributed by atoms with van der Waals surface area (Å²) < 4.78 is 56.8. The van der Waals surface area contributed by atoms with E-state index in [9.17, 15) is 21.6 Å². The molecule has 2 aliphatic rings. The van der Waals surface area contributed by atoms with Gasteiger partial charge in [0.05, 0.1) is 4.90 Å². The molecule has 1 aromatic heterocycles. The molecular weight excluding hydrogens is 464 g/mol. The van der Waals surface area contributed by atoms with Gasteiger partial charge in [-0.2, -0.15) is 4.31 Å². The third-order valence-corrected chi connectivity index (χ3v) is 9.71. The summed E-state index contributed by atoms with van der Waals surface area (Å²) in [4.78, 5) is 15.1. The van der Waals surface area contributed by atoms with E-state index in [1.807, 2.05) is 0 Å². The molecule has 11 heteroatoms. The van der Waals surface area contributed by atoms with Crippen molar-refractivity contribution in [2.45, 2.75) is 47.9 Å². The monoisotopic (exact) mass is 494 g/mol. The summed E-state index contributed by atoms with van der Waals surface area (Å²) in [6.45, 7) is 1.79. The highest BCUT2D eigenvalue weighted by Crippen LogP contribution is 2.24. The standard InChI is InChI=1S/C22H30N4O5S2/c1-24-17-20(33(30,31)26-12-6-3-7-13-26)16-21(24)22(27)25-14-10-18(11-15-25)23-32(28,29)19-8-4-2-5-9-19/h2,4-5,8-9,16-18,23H,3,6-7,10-15H2,1H3. The summed E-state index contributed by atoms with van der Waals surface area (Å²) >= 11 is 0. The fourth-order valence-corrected chi connectivity index (χ4v) is 7.31. The molecule has 180 valence electrons. The molecule has 3 heterocycles. The Morgan fingerprint density at radius 1 is 0.909 bits per heavy atom. The van der Waals surface area contributed by atoms with Crippen LogP contribution in [-0.4, -0.2) is 68.7 Å². The molecule has 0 bridgehead atoms. The van der Waals surface area contributed by atoms with Gasteiger partial charge >= 0.3 is 0 Å². The number of carbonyl (C=O) groups is 1. The molecule has 0 atom stereocenters. The van der Waals surface area contributed by atoms with Crippen LogP contribution in [0.3, 0.4) is 0 Å². The summed E-state index contributed by atoms with van der Waals surface area (Å²) in [6, 6.07) is 9.40. The van der Waals surface area contributed by atoms with Crippen LogP contribution in [0.15, 0.2) is 52.4 Å². The van der Waals surface area contributed by atoms with Gasteiger partial charge in [0.2, 0.25) is 20.0 Å². The van der Waals surface area contributed by atoms with E-state index in [1.54, 1.807) is 46.8 Å². The van der Waals surface area contributed by atoms with Gasteiger partial charge in [-0.25, -0.2) is 21.6 Å². The quantitative estimate of drug-likeness (QED) is 0.659. The van der Waals surface area contributed by atoms with Crippen LogP contribution in [0.25, 0.3) is 0 Å². The van der Waals surface area contributed by atoms with E-state index in [0.29, 0.717) is 44.7 Å². The van der Waals surface area contributed by atoms with Gasteiger partial charge in [0.15, 0.2) is 0 Å². The van der Waals surface area contributed by atoms with Crippen molar-refractivity contribution in [3.8, 4) is 0 Å². The van der Waals surface area contributed by atoms with Crippen LogP contribution in [0, 0.1) is 0 Å². The van der Waals surface area contributed by atoms with Crippen molar-refractivity contribution in [2.24, 2.45) is 7.05 Å². The Kier molecular flexibility index (Phi) is 6.94. The van der Waals surface area contributed by atoms with Crippen molar-refractivity contribution in [3.05, 3.63) is 48.3 Å². The maximum Gasteiger partial charge on any atom is 0.270 e. The predicted molar refractivity (Wildman–Crippen MR) is 124 cm³/mol. The molecular formula is C22H30N4O5S2. The molecule has 9 nitrogen and oxygen atoms in total. The summed E-state index contributed by atoms with van der Waals surface area (Å²) in [5.41, 5.74) is 0.314. The highest BCUT2D eigenvalue weighted by Gasteiger charge is 2.31. The highest BCUT2D eigenvalue weighted by molar-refractivity contribution is 7.89. The lowest BCUT2D eigenvalue weighted by molar-refractivity contribution is 0.0701. The summed E-state index contributed by atoms with van der Waals surface area (Å²) in [6.07, 6.45) is 5.20. The SMILES string of the molecule is Cn1cc(S(=O)(=O)N2CCCCC2)cc1C(=O)N1CCC(NS(=O)(=O)c2ccccc2)CC1. The zero-order valence-corrected chi connectivity index (χ0v) is 20.3.